The molecule has 0 spiro atoms. The van der Waals surface area contributed by atoms with Crippen LogP contribution in [-0.4, -0.2) is 42.2 Å². The molecule has 0 atom stereocenters. The second-order valence-electron chi connectivity index (χ2n) is 8.28. The van der Waals surface area contributed by atoms with Crippen LogP contribution < -0.4 is 5.32 Å². The van der Waals surface area contributed by atoms with Crippen LogP contribution in [0.15, 0.2) is 65.8 Å². The fourth-order valence-corrected chi connectivity index (χ4v) is 4.05. The number of H-pyrrole nitrogens is 2. The number of hydrogen-bond donors (Lipinski definition) is 4. The van der Waals surface area contributed by atoms with Gasteiger partial charge in [0.25, 0.3) is 5.91 Å². The fourth-order valence-electron chi connectivity index (χ4n) is 4.05. The molecule has 4 N–H and O–H groups in total. The number of hydrogen-bond acceptors (Lipinski definition) is 5. The van der Waals surface area contributed by atoms with Crippen molar-refractivity contribution in [2.45, 2.75) is 26.8 Å². The molecule has 0 aliphatic carbocycles. The van der Waals surface area contributed by atoms with Crippen molar-refractivity contribution in [1.82, 2.24) is 25.0 Å². The third-order valence-electron chi connectivity index (χ3n) is 5.76. The van der Waals surface area contributed by atoms with Crippen molar-refractivity contribution in [3.8, 4) is 5.88 Å². The Morgan fingerprint density at radius 2 is 1.94 bits per heavy atom. The van der Waals surface area contributed by atoms with Crippen LogP contribution in [0.2, 0.25) is 0 Å². The SMILES string of the molecule is CCn1nc(C)cc1C(=O)Nc1ccc(Cc2ccc3[nH]c(O)c(C=Nc4ccn[nH]4)c3c2)cc1. The van der Waals surface area contributed by atoms with E-state index < -0.39 is 0 Å². The average Bonchev–Trinajstić information content (AvgIpc) is 3.57. The van der Waals surface area contributed by atoms with E-state index in [1.165, 1.54) is 0 Å². The minimum Gasteiger partial charge on any atom is -0.494 e. The van der Waals surface area contributed by atoms with Crippen LogP contribution in [-0.2, 0) is 13.0 Å². The predicted octanol–water partition coefficient (Wildman–Crippen LogP) is 4.72. The normalized spacial score (nSPS) is 11.5. The number of aromatic hydroxyl groups is 1. The third-order valence-corrected chi connectivity index (χ3v) is 5.76. The summed E-state index contributed by atoms with van der Waals surface area (Å²) in [5.74, 6) is 0.499. The van der Waals surface area contributed by atoms with Crippen LogP contribution in [0.25, 0.3) is 10.9 Å². The van der Waals surface area contributed by atoms with E-state index in [9.17, 15) is 9.90 Å². The Bertz CT molecular complexity index is 1510. The van der Waals surface area contributed by atoms with Gasteiger partial charge in [-0.1, -0.05) is 18.2 Å². The lowest BCUT2D eigenvalue weighted by Crippen LogP contribution is -2.17. The Morgan fingerprint density at radius 1 is 1.14 bits per heavy atom. The zero-order valence-electron chi connectivity index (χ0n) is 19.4. The van der Waals surface area contributed by atoms with Crippen molar-refractivity contribution < 1.29 is 9.90 Å². The van der Waals surface area contributed by atoms with E-state index in [0.29, 0.717) is 30.0 Å². The smallest absolute Gasteiger partial charge is 0.273 e. The second-order valence-corrected chi connectivity index (χ2v) is 8.28. The maximum absolute atomic E-state index is 12.7. The zero-order valence-corrected chi connectivity index (χ0v) is 19.4. The molecular formula is C26H25N7O2. The van der Waals surface area contributed by atoms with E-state index >= 15 is 0 Å². The maximum atomic E-state index is 12.7. The van der Waals surface area contributed by atoms with Gasteiger partial charge in [-0.05, 0) is 61.7 Å². The number of carbonyl (C=O) groups is 1. The summed E-state index contributed by atoms with van der Waals surface area (Å²) in [6.07, 6.45) is 3.95. The Morgan fingerprint density at radius 3 is 2.69 bits per heavy atom. The number of fused-ring (bicyclic) bond motifs is 1. The molecule has 0 radical (unpaired) electrons. The number of carbonyl (C=O) groups excluding carboxylic acids is 1. The molecule has 0 unspecified atom stereocenters. The molecule has 3 aromatic heterocycles. The number of rotatable bonds is 7. The van der Waals surface area contributed by atoms with Crippen LogP contribution in [0.1, 0.15) is 39.8 Å². The number of nitrogens with one attached hydrogen (secondary N) is 3. The van der Waals surface area contributed by atoms with Crippen molar-refractivity contribution >= 4 is 34.5 Å². The number of nitrogens with zero attached hydrogens (tertiary/aromatic N) is 4. The monoisotopic (exact) mass is 467 g/mol. The van der Waals surface area contributed by atoms with E-state index in [4.69, 9.17) is 0 Å². The third kappa shape index (κ3) is 4.70. The summed E-state index contributed by atoms with van der Waals surface area (Å²) in [4.78, 5) is 20.0. The molecule has 9 nitrogen and oxygen atoms in total. The number of anilines is 1. The maximum Gasteiger partial charge on any atom is 0.273 e. The molecule has 5 aromatic rings. The molecule has 0 bridgehead atoms. The molecule has 0 aliphatic heterocycles. The summed E-state index contributed by atoms with van der Waals surface area (Å²) in [7, 11) is 0. The first-order chi connectivity index (χ1) is 17.0. The summed E-state index contributed by atoms with van der Waals surface area (Å²) in [5.41, 5.74) is 5.73. The lowest BCUT2D eigenvalue weighted by atomic mass is 10.0. The van der Waals surface area contributed by atoms with Gasteiger partial charge in [-0.2, -0.15) is 10.2 Å². The van der Waals surface area contributed by atoms with Crippen LogP contribution in [0.4, 0.5) is 11.5 Å². The Hall–Kier alpha value is -4.66. The summed E-state index contributed by atoms with van der Waals surface area (Å²) in [6, 6.07) is 17.4. The van der Waals surface area contributed by atoms with Gasteiger partial charge in [-0.15, -0.1) is 0 Å². The molecule has 0 fully saturated rings. The molecule has 9 heteroatoms. The first kappa shape index (κ1) is 22.1. The van der Waals surface area contributed by atoms with Crippen LogP contribution in [0.5, 0.6) is 5.88 Å². The minimum absolute atomic E-state index is 0.0696. The molecule has 35 heavy (non-hydrogen) atoms. The van der Waals surface area contributed by atoms with Crippen LogP contribution in [0.3, 0.4) is 0 Å². The van der Waals surface area contributed by atoms with Gasteiger partial charge in [0.1, 0.15) is 11.5 Å². The molecule has 0 saturated heterocycles. The minimum atomic E-state index is -0.178. The Balaban J connectivity index is 1.32. The highest BCUT2D eigenvalue weighted by Gasteiger charge is 2.14. The van der Waals surface area contributed by atoms with E-state index in [1.54, 1.807) is 29.2 Å². The number of aromatic amines is 2. The van der Waals surface area contributed by atoms with Gasteiger partial charge < -0.3 is 15.4 Å². The largest absolute Gasteiger partial charge is 0.494 e. The summed E-state index contributed by atoms with van der Waals surface area (Å²) in [5, 5.41) is 25.2. The van der Waals surface area contributed by atoms with Crippen molar-refractivity contribution in [1.29, 1.82) is 0 Å². The van der Waals surface area contributed by atoms with Crippen molar-refractivity contribution in [3.05, 3.63) is 88.9 Å². The Kier molecular flexibility index (Phi) is 5.88. The predicted molar refractivity (Wildman–Crippen MR) is 136 cm³/mol. The highest BCUT2D eigenvalue weighted by atomic mass is 16.3. The summed E-state index contributed by atoms with van der Waals surface area (Å²) >= 11 is 0. The van der Waals surface area contributed by atoms with Crippen LogP contribution in [0, 0.1) is 6.92 Å². The molecule has 1 amide bonds. The van der Waals surface area contributed by atoms with Gasteiger partial charge in [0.15, 0.2) is 5.88 Å². The highest BCUT2D eigenvalue weighted by molar-refractivity contribution is 6.03. The lowest BCUT2D eigenvalue weighted by Gasteiger charge is -2.08. The number of aryl methyl sites for hydroxylation is 2. The molecule has 176 valence electrons. The number of benzene rings is 2. The average molecular weight is 468 g/mol. The molecular weight excluding hydrogens is 442 g/mol. The van der Waals surface area contributed by atoms with E-state index in [2.05, 4.69) is 30.6 Å². The molecule has 0 aliphatic rings. The Labute approximate surface area is 201 Å². The molecule has 2 aromatic carbocycles. The molecule has 0 saturated carbocycles. The topological polar surface area (TPSA) is 124 Å². The van der Waals surface area contributed by atoms with Gasteiger partial charge in [0.05, 0.1) is 17.5 Å². The zero-order chi connectivity index (χ0) is 24.4. The van der Waals surface area contributed by atoms with Crippen LogP contribution >= 0.6 is 0 Å². The van der Waals surface area contributed by atoms with E-state index in [1.807, 2.05) is 56.3 Å². The number of aliphatic imine (C=N–C) groups is 1. The number of amides is 1. The fraction of sp³-hybridized carbons (Fsp3) is 0.154. The van der Waals surface area contributed by atoms with Gasteiger partial charge >= 0.3 is 0 Å². The first-order valence-corrected chi connectivity index (χ1v) is 11.3. The summed E-state index contributed by atoms with van der Waals surface area (Å²) in [6.45, 7) is 4.47. The van der Waals surface area contributed by atoms with Crippen molar-refractivity contribution in [2.75, 3.05) is 5.32 Å². The van der Waals surface area contributed by atoms with Crippen molar-refractivity contribution in [3.63, 3.8) is 0 Å². The van der Waals surface area contributed by atoms with Gasteiger partial charge in [0, 0.05) is 35.4 Å². The van der Waals surface area contributed by atoms with E-state index in [-0.39, 0.29) is 11.8 Å². The quantitative estimate of drug-likeness (QED) is 0.259. The first-order valence-electron chi connectivity index (χ1n) is 11.3. The van der Waals surface area contributed by atoms with Gasteiger partial charge in [-0.25, -0.2) is 4.99 Å². The number of aromatic nitrogens is 5. The standard InChI is InChI=1S/C26H25N7O2/c1-3-33-23(12-16(2)32-33)26(35)29-19-7-4-17(5-8-19)13-18-6-9-22-20(14-18)21(25(34)30-22)15-27-24-10-11-28-31-24/h4-12,14-15,30,34H,3,13H2,1-2H3,(H,28,31)(H,29,35). The highest BCUT2D eigenvalue weighted by Crippen LogP contribution is 2.28. The van der Waals surface area contributed by atoms with Crippen molar-refractivity contribution in [2.24, 2.45) is 4.99 Å². The van der Waals surface area contributed by atoms with Gasteiger partial charge in [-0.3, -0.25) is 14.6 Å². The molecule has 3 heterocycles. The van der Waals surface area contributed by atoms with E-state index in [0.717, 1.165) is 33.4 Å². The lowest BCUT2D eigenvalue weighted by molar-refractivity contribution is 0.101. The summed E-state index contributed by atoms with van der Waals surface area (Å²) < 4.78 is 1.70. The van der Waals surface area contributed by atoms with Gasteiger partial charge in [0.2, 0.25) is 0 Å². The molecule has 5 rings (SSSR count). The second kappa shape index (κ2) is 9.30.